The van der Waals surface area contributed by atoms with Gasteiger partial charge in [0.2, 0.25) is 0 Å². The summed E-state index contributed by atoms with van der Waals surface area (Å²) >= 11 is 0. The minimum Gasteiger partial charge on any atom is -0.393 e. The lowest BCUT2D eigenvalue weighted by molar-refractivity contribution is 0.168. The van der Waals surface area contributed by atoms with Gasteiger partial charge in [0.25, 0.3) is 0 Å². The second-order valence-corrected chi connectivity index (χ2v) is 5.26. The molecule has 0 radical (unpaired) electrons. The third-order valence-corrected chi connectivity index (χ3v) is 3.00. The van der Waals surface area contributed by atoms with Crippen molar-refractivity contribution in [3.63, 3.8) is 0 Å². The topological polar surface area (TPSA) is 32.3 Å². The van der Waals surface area contributed by atoms with Gasteiger partial charge in [-0.25, -0.2) is 0 Å². The Balaban J connectivity index is 3.39. The van der Waals surface area contributed by atoms with E-state index in [9.17, 15) is 5.11 Å². The fourth-order valence-corrected chi connectivity index (χ4v) is 2.20. The molecule has 0 spiro atoms. The lowest BCUT2D eigenvalue weighted by atomic mass is 10.1. The van der Waals surface area contributed by atoms with E-state index in [2.05, 4.69) is 26.1 Å². The van der Waals surface area contributed by atoms with Crippen LogP contribution in [0.25, 0.3) is 0 Å². The molecule has 98 valence electrons. The molecule has 0 aromatic rings. The molecule has 0 amide bonds. The Morgan fingerprint density at radius 1 is 0.938 bits per heavy atom. The number of aliphatic hydroxyl groups excluding tert-OH is 1. The normalized spacial score (nSPS) is 17.1. The van der Waals surface area contributed by atoms with Crippen molar-refractivity contribution in [2.45, 2.75) is 90.8 Å². The Morgan fingerprint density at radius 2 is 1.56 bits per heavy atom. The molecular weight excluding hydrogens is 198 g/mol. The molecule has 0 aliphatic rings. The third kappa shape index (κ3) is 10.4. The standard InChI is InChI=1S/C14H31NO/c1-5-6-7-8-9-10-12(2)15-13(3)11-14(4)16/h12-16H,5-11H2,1-4H3. The van der Waals surface area contributed by atoms with Crippen LogP contribution in [0.3, 0.4) is 0 Å². The summed E-state index contributed by atoms with van der Waals surface area (Å²) in [7, 11) is 0. The fourth-order valence-electron chi connectivity index (χ4n) is 2.20. The first-order valence-corrected chi connectivity index (χ1v) is 7.00. The van der Waals surface area contributed by atoms with Gasteiger partial charge < -0.3 is 10.4 Å². The molecule has 2 N–H and O–H groups in total. The van der Waals surface area contributed by atoms with Crippen molar-refractivity contribution in [2.24, 2.45) is 0 Å². The summed E-state index contributed by atoms with van der Waals surface area (Å²) in [6.07, 6.45) is 8.68. The minimum absolute atomic E-state index is 0.195. The Morgan fingerprint density at radius 3 is 2.12 bits per heavy atom. The molecule has 0 heterocycles. The number of nitrogens with one attached hydrogen (secondary N) is 1. The lowest BCUT2D eigenvalue weighted by Crippen LogP contribution is -2.36. The molecule has 0 aromatic carbocycles. The molecule has 0 rings (SSSR count). The Hall–Kier alpha value is -0.0800. The average Bonchev–Trinajstić information content (AvgIpc) is 2.15. The summed E-state index contributed by atoms with van der Waals surface area (Å²) < 4.78 is 0. The Kier molecular flexibility index (Phi) is 10.0. The van der Waals surface area contributed by atoms with Crippen molar-refractivity contribution in [1.29, 1.82) is 0 Å². The van der Waals surface area contributed by atoms with Gasteiger partial charge in [-0.05, 0) is 33.6 Å². The van der Waals surface area contributed by atoms with Crippen LogP contribution in [-0.4, -0.2) is 23.3 Å². The van der Waals surface area contributed by atoms with Gasteiger partial charge in [0.1, 0.15) is 0 Å². The van der Waals surface area contributed by atoms with E-state index in [4.69, 9.17) is 0 Å². The quantitative estimate of drug-likeness (QED) is 0.562. The maximum absolute atomic E-state index is 9.27. The Labute approximate surface area is 102 Å². The van der Waals surface area contributed by atoms with E-state index in [1.807, 2.05) is 6.92 Å². The number of aliphatic hydroxyl groups is 1. The van der Waals surface area contributed by atoms with Gasteiger partial charge in [-0.15, -0.1) is 0 Å². The van der Waals surface area contributed by atoms with E-state index >= 15 is 0 Å². The summed E-state index contributed by atoms with van der Waals surface area (Å²) in [4.78, 5) is 0. The van der Waals surface area contributed by atoms with Crippen LogP contribution < -0.4 is 5.32 Å². The van der Waals surface area contributed by atoms with Crippen LogP contribution in [0.5, 0.6) is 0 Å². The van der Waals surface area contributed by atoms with E-state index in [1.54, 1.807) is 0 Å². The van der Waals surface area contributed by atoms with Gasteiger partial charge in [-0.2, -0.15) is 0 Å². The number of hydrogen-bond acceptors (Lipinski definition) is 2. The Bertz CT molecular complexity index is 148. The minimum atomic E-state index is -0.195. The number of rotatable bonds is 10. The molecule has 0 bridgehead atoms. The largest absolute Gasteiger partial charge is 0.393 e. The first-order valence-electron chi connectivity index (χ1n) is 7.00. The molecule has 2 nitrogen and oxygen atoms in total. The first kappa shape index (κ1) is 15.9. The average molecular weight is 229 g/mol. The van der Waals surface area contributed by atoms with Gasteiger partial charge in [0, 0.05) is 12.1 Å². The molecule has 3 unspecified atom stereocenters. The van der Waals surface area contributed by atoms with Crippen molar-refractivity contribution >= 4 is 0 Å². The van der Waals surface area contributed by atoms with Crippen LogP contribution in [0.4, 0.5) is 0 Å². The summed E-state index contributed by atoms with van der Waals surface area (Å²) in [5.41, 5.74) is 0. The van der Waals surface area contributed by atoms with Crippen LogP contribution in [-0.2, 0) is 0 Å². The van der Waals surface area contributed by atoms with E-state index in [0.717, 1.165) is 6.42 Å². The van der Waals surface area contributed by atoms with E-state index < -0.39 is 0 Å². The molecular formula is C14H31NO. The number of hydrogen-bond donors (Lipinski definition) is 2. The molecule has 0 fully saturated rings. The SMILES string of the molecule is CCCCCCCC(C)NC(C)CC(C)O. The lowest BCUT2D eigenvalue weighted by Gasteiger charge is -2.21. The van der Waals surface area contributed by atoms with Crippen molar-refractivity contribution in [1.82, 2.24) is 5.32 Å². The zero-order valence-electron chi connectivity index (χ0n) is 11.6. The zero-order valence-corrected chi connectivity index (χ0v) is 11.6. The second kappa shape index (κ2) is 10.1. The van der Waals surface area contributed by atoms with Crippen LogP contribution in [0.1, 0.15) is 72.6 Å². The van der Waals surface area contributed by atoms with Gasteiger partial charge >= 0.3 is 0 Å². The molecule has 16 heavy (non-hydrogen) atoms. The van der Waals surface area contributed by atoms with Crippen LogP contribution in [0, 0.1) is 0 Å². The summed E-state index contributed by atoms with van der Waals surface area (Å²) in [5, 5.41) is 12.8. The first-order chi connectivity index (χ1) is 7.56. The molecule has 0 aliphatic heterocycles. The monoisotopic (exact) mass is 229 g/mol. The van der Waals surface area contributed by atoms with Gasteiger partial charge in [0.15, 0.2) is 0 Å². The van der Waals surface area contributed by atoms with Crippen molar-refractivity contribution < 1.29 is 5.11 Å². The summed E-state index contributed by atoms with van der Waals surface area (Å²) in [5.74, 6) is 0. The van der Waals surface area contributed by atoms with E-state index in [1.165, 1.54) is 38.5 Å². The van der Waals surface area contributed by atoms with Crippen LogP contribution in [0.2, 0.25) is 0 Å². The zero-order chi connectivity index (χ0) is 12.4. The predicted molar refractivity (Wildman–Crippen MR) is 71.7 cm³/mol. The van der Waals surface area contributed by atoms with Crippen molar-refractivity contribution in [2.75, 3.05) is 0 Å². The highest BCUT2D eigenvalue weighted by molar-refractivity contribution is 4.69. The highest BCUT2D eigenvalue weighted by atomic mass is 16.3. The molecule has 0 saturated carbocycles. The summed E-state index contributed by atoms with van der Waals surface area (Å²) in [6, 6.07) is 1.00. The molecule has 0 aliphatic carbocycles. The molecule has 2 heteroatoms. The third-order valence-electron chi connectivity index (χ3n) is 3.00. The van der Waals surface area contributed by atoms with Gasteiger partial charge in [0.05, 0.1) is 6.10 Å². The van der Waals surface area contributed by atoms with Crippen LogP contribution in [0.15, 0.2) is 0 Å². The number of unbranched alkanes of at least 4 members (excludes halogenated alkanes) is 4. The van der Waals surface area contributed by atoms with Gasteiger partial charge in [-0.3, -0.25) is 0 Å². The maximum atomic E-state index is 9.27. The van der Waals surface area contributed by atoms with E-state index in [0.29, 0.717) is 12.1 Å². The molecule has 3 atom stereocenters. The van der Waals surface area contributed by atoms with E-state index in [-0.39, 0.29) is 6.10 Å². The van der Waals surface area contributed by atoms with Gasteiger partial charge in [-0.1, -0.05) is 39.0 Å². The predicted octanol–water partition coefficient (Wildman–Crippen LogP) is 3.48. The van der Waals surface area contributed by atoms with Crippen molar-refractivity contribution in [3.05, 3.63) is 0 Å². The van der Waals surface area contributed by atoms with Crippen LogP contribution >= 0.6 is 0 Å². The second-order valence-electron chi connectivity index (χ2n) is 5.26. The highest BCUT2D eigenvalue weighted by Crippen LogP contribution is 2.08. The maximum Gasteiger partial charge on any atom is 0.0526 e. The smallest absolute Gasteiger partial charge is 0.0526 e. The molecule has 0 saturated heterocycles. The van der Waals surface area contributed by atoms with Crippen molar-refractivity contribution in [3.8, 4) is 0 Å². The summed E-state index contributed by atoms with van der Waals surface area (Å²) in [6.45, 7) is 8.51. The molecule has 0 aromatic heterocycles. The fraction of sp³-hybridized carbons (Fsp3) is 1.00. The highest BCUT2D eigenvalue weighted by Gasteiger charge is 2.09.